The monoisotopic (exact) mass is 595 g/mol. The van der Waals surface area contributed by atoms with Crippen molar-refractivity contribution in [1.82, 2.24) is 16.0 Å². The number of rotatable bonds is 25. The van der Waals surface area contributed by atoms with Crippen LogP contribution in [0.25, 0.3) is 0 Å². The SMILES string of the molecule is CNC(=O)COCCOCCNC(=O)CC[C@H](NC(=O)CCCCCCCCCOc1ccc(C(=O)O)cc1)C(=O)O. The summed E-state index contributed by atoms with van der Waals surface area (Å²) in [6.45, 7) is 1.52. The average Bonchev–Trinajstić information content (AvgIpc) is 2.97. The molecule has 0 spiro atoms. The molecular weight excluding hydrogens is 550 g/mol. The number of carbonyl (C=O) groups excluding carboxylic acids is 3. The number of likely N-dealkylation sites (N-methyl/N-ethyl adjacent to an activating group) is 1. The van der Waals surface area contributed by atoms with Crippen molar-refractivity contribution < 1.29 is 48.4 Å². The van der Waals surface area contributed by atoms with E-state index in [1.807, 2.05) is 0 Å². The lowest BCUT2D eigenvalue weighted by molar-refractivity contribution is -0.142. The van der Waals surface area contributed by atoms with E-state index in [-0.39, 0.29) is 75.5 Å². The van der Waals surface area contributed by atoms with Crippen LogP contribution < -0.4 is 20.7 Å². The van der Waals surface area contributed by atoms with Crippen molar-refractivity contribution in [1.29, 1.82) is 0 Å². The highest BCUT2D eigenvalue weighted by atomic mass is 16.5. The van der Waals surface area contributed by atoms with Gasteiger partial charge in [0.2, 0.25) is 17.7 Å². The third-order valence-electron chi connectivity index (χ3n) is 6.16. The quantitative estimate of drug-likeness (QED) is 0.105. The van der Waals surface area contributed by atoms with Gasteiger partial charge >= 0.3 is 11.9 Å². The molecule has 0 aliphatic heterocycles. The Kier molecular flexibility index (Phi) is 19.8. The van der Waals surface area contributed by atoms with Crippen molar-refractivity contribution in [2.24, 2.45) is 0 Å². The Morgan fingerprint density at radius 1 is 0.738 bits per heavy atom. The van der Waals surface area contributed by atoms with Gasteiger partial charge in [-0.1, -0.05) is 32.1 Å². The molecule has 0 bridgehead atoms. The maximum absolute atomic E-state index is 12.2. The van der Waals surface area contributed by atoms with Gasteiger partial charge in [0.1, 0.15) is 18.4 Å². The van der Waals surface area contributed by atoms with E-state index in [9.17, 15) is 29.1 Å². The number of nitrogens with one attached hydrogen (secondary N) is 3. The van der Waals surface area contributed by atoms with E-state index < -0.39 is 18.0 Å². The fraction of sp³-hybridized carbons (Fsp3) is 0.621. The normalized spacial score (nSPS) is 11.4. The average molecular weight is 596 g/mol. The lowest BCUT2D eigenvalue weighted by Gasteiger charge is -2.14. The molecule has 1 atom stereocenters. The highest BCUT2D eigenvalue weighted by Crippen LogP contribution is 2.14. The minimum absolute atomic E-state index is 0.0154. The number of carbonyl (C=O) groups is 5. The molecule has 1 aromatic rings. The number of carboxylic acid groups (broad SMARTS) is 2. The van der Waals surface area contributed by atoms with Crippen LogP contribution >= 0.6 is 0 Å². The molecule has 0 fully saturated rings. The Labute approximate surface area is 246 Å². The first kappa shape index (κ1) is 36.3. The van der Waals surface area contributed by atoms with Gasteiger partial charge in [-0.15, -0.1) is 0 Å². The number of ether oxygens (including phenoxy) is 3. The molecule has 13 nitrogen and oxygen atoms in total. The van der Waals surface area contributed by atoms with Gasteiger partial charge < -0.3 is 40.4 Å². The van der Waals surface area contributed by atoms with Crippen molar-refractivity contribution in [3.63, 3.8) is 0 Å². The topological polar surface area (TPSA) is 190 Å². The first-order valence-electron chi connectivity index (χ1n) is 14.3. The summed E-state index contributed by atoms with van der Waals surface area (Å²) in [5, 5.41) is 25.9. The molecule has 0 aliphatic carbocycles. The van der Waals surface area contributed by atoms with Crippen LogP contribution in [0.1, 0.15) is 74.6 Å². The number of carboxylic acids is 2. The predicted molar refractivity (Wildman–Crippen MR) is 153 cm³/mol. The molecule has 3 amide bonds. The molecule has 0 radical (unpaired) electrons. The Bertz CT molecular complexity index is 955. The summed E-state index contributed by atoms with van der Waals surface area (Å²) in [4.78, 5) is 57.5. The minimum Gasteiger partial charge on any atom is -0.494 e. The molecule has 236 valence electrons. The van der Waals surface area contributed by atoms with Crippen LogP contribution in [-0.2, 0) is 28.7 Å². The highest BCUT2D eigenvalue weighted by Gasteiger charge is 2.20. The molecule has 0 aliphatic rings. The summed E-state index contributed by atoms with van der Waals surface area (Å²) in [7, 11) is 1.51. The molecule has 0 saturated carbocycles. The van der Waals surface area contributed by atoms with Crippen LogP contribution in [-0.4, -0.2) is 92.5 Å². The predicted octanol–water partition coefficient (Wildman–Crippen LogP) is 2.13. The molecule has 0 unspecified atom stereocenters. The second-order valence-electron chi connectivity index (χ2n) is 9.59. The lowest BCUT2D eigenvalue weighted by Crippen LogP contribution is -2.41. The van der Waals surface area contributed by atoms with Gasteiger partial charge in [0.25, 0.3) is 0 Å². The maximum atomic E-state index is 12.2. The van der Waals surface area contributed by atoms with Crippen LogP contribution in [0, 0.1) is 0 Å². The zero-order valence-electron chi connectivity index (χ0n) is 24.4. The largest absolute Gasteiger partial charge is 0.494 e. The van der Waals surface area contributed by atoms with Crippen LogP contribution in [0.5, 0.6) is 5.75 Å². The first-order chi connectivity index (χ1) is 20.2. The molecule has 1 rings (SSSR count). The van der Waals surface area contributed by atoms with Crippen molar-refractivity contribution in [3.05, 3.63) is 29.8 Å². The van der Waals surface area contributed by atoms with Gasteiger partial charge in [0.15, 0.2) is 0 Å². The zero-order valence-corrected chi connectivity index (χ0v) is 24.4. The zero-order chi connectivity index (χ0) is 31.0. The third kappa shape index (κ3) is 18.6. The number of hydrogen-bond donors (Lipinski definition) is 5. The summed E-state index contributed by atoms with van der Waals surface area (Å²) >= 11 is 0. The van der Waals surface area contributed by atoms with E-state index in [4.69, 9.17) is 19.3 Å². The Hall–Kier alpha value is -3.71. The standard InChI is InChI=1S/C29H45N3O10/c1-30-27(35)21-41-20-19-40-18-16-31-25(33)15-14-24(29(38)39)32-26(34)9-7-5-3-2-4-6-8-17-42-23-12-10-22(11-13-23)28(36)37/h10-13,24H,2-9,14-21H2,1H3,(H,30,35)(H,31,33)(H,32,34)(H,36,37)(H,38,39)/t24-/m0/s1. The van der Waals surface area contributed by atoms with Gasteiger partial charge in [0.05, 0.1) is 32.0 Å². The number of unbranched alkanes of at least 4 members (excludes halogenated alkanes) is 6. The van der Waals surface area contributed by atoms with E-state index in [1.165, 1.54) is 19.2 Å². The van der Waals surface area contributed by atoms with Gasteiger partial charge in [0, 0.05) is 26.4 Å². The summed E-state index contributed by atoms with van der Waals surface area (Å²) in [5.74, 6) is -2.42. The molecule has 0 heterocycles. The van der Waals surface area contributed by atoms with Crippen molar-refractivity contribution in [3.8, 4) is 5.75 Å². The molecule has 13 heteroatoms. The second-order valence-corrected chi connectivity index (χ2v) is 9.59. The number of hydrogen-bond acceptors (Lipinski definition) is 8. The van der Waals surface area contributed by atoms with Gasteiger partial charge in [-0.2, -0.15) is 0 Å². The fourth-order valence-corrected chi connectivity index (χ4v) is 3.76. The molecule has 5 N–H and O–H groups in total. The third-order valence-corrected chi connectivity index (χ3v) is 6.16. The van der Waals surface area contributed by atoms with Gasteiger partial charge in [-0.05, 0) is 43.5 Å². The molecular formula is C29H45N3O10. The van der Waals surface area contributed by atoms with E-state index in [1.54, 1.807) is 12.1 Å². The van der Waals surface area contributed by atoms with Crippen LogP contribution in [0.2, 0.25) is 0 Å². The minimum atomic E-state index is -1.18. The maximum Gasteiger partial charge on any atom is 0.335 e. The van der Waals surface area contributed by atoms with Crippen LogP contribution in [0.4, 0.5) is 0 Å². The lowest BCUT2D eigenvalue weighted by atomic mass is 10.1. The Morgan fingerprint density at radius 3 is 2.02 bits per heavy atom. The fourth-order valence-electron chi connectivity index (χ4n) is 3.76. The van der Waals surface area contributed by atoms with E-state index in [0.29, 0.717) is 18.8 Å². The van der Waals surface area contributed by atoms with Crippen molar-refractivity contribution in [2.45, 2.75) is 70.3 Å². The highest BCUT2D eigenvalue weighted by molar-refractivity contribution is 5.87. The molecule has 42 heavy (non-hydrogen) atoms. The first-order valence-corrected chi connectivity index (χ1v) is 14.3. The van der Waals surface area contributed by atoms with E-state index in [0.717, 1.165) is 38.5 Å². The van der Waals surface area contributed by atoms with Crippen molar-refractivity contribution >= 4 is 29.7 Å². The number of benzene rings is 1. The summed E-state index contributed by atoms with van der Waals surface area (Å²) in [5.41, 5.74) is 0.223. The Balaban J connectivity index is 2.03. The summed E-state index contributed by atoms with van der Waals surface area (Å²) in [6.07, 6.45) is 6.62. The van der Waals surface area contributed by atoms with Gasteiger partial charge in [-0.3, -0.25) is 14.4 Å². The molecule has 1 aromatic carbocycles. The van der Waals surface area contributed by atoms with E-state index >= 15 is 0 Å². The van der Waals surface area contributed by atoms with E-state index in [2.05, 4.69) is 16.0 Å². The molecule has 0 saturated heterocycles. The van der Waals surface area contributed by atoms with Gasteiger partial charge in [-0.25, -0.2) is 9.59 Å². The Morgan fingerprint density at radius 2 is 1.38 bits per heavy atom. The number of aromatic carboxylic acids is 1. The summed E-state index contributed by atoms with van der Waals surface area (Å²) < 4.78 is 16.0. The van der Waals surface area contributed by atoms with Crippen LogP contribution in [0.3, 0.4) is 0 Å². The molecule has 0 aromatic heterocycles. The number of aliphatic carboxylic acids is 1. The van der Waals surface area contributed by atoms with Crippen molar-refractivity contribution in [2.75, 3.05) is 46.6 Å². The van der Waals surface area contributed by atoms with Crippen LogP contribution in [0.15, 0.2) is 24.3 Å². The second kappa shape index (κ2) is 22.9. The smallest absolute Gasteiger partial charge is 0.335 e. The number of amides is 3. The summed E-state index contributed by atoms with van der Waals surface area (Å²) in [6, 6.07) is 5.19.